The lowest BCUT2D eigenvalue weighted by Crippen LogP contribution is -2.46. The first-order chi connectivity index (χ1) is 16.1. The molecule has 0 unspecified atom stereocenters. The SMILES string of the molecule is Cc1nn(-c2ccccc2)nc1C(=O)N1CCCN1C(=O)Cn1ccc(-c2ccccn2)n1. The van der Waals surface area contributed by atoms with E-state index < -0.39 is 0 Å². The number of rotatable bonds is 5. The predicted molar refractivity (Wildman–Crippen MR) is 119 cm³/mol. The Bertz CT molecular complexity index is 1280. The van der Waals surface area contributed by atoms with Gasteiger partial charge in [0.05, 0.1) is 17.1 Å². The van der Waals surface area contributed by atoms with Crippen LogP contribution < -0.4 is 0 Å². The Balaban J connectivity index is 1.31. The minimum atomic E-state index is -0.338. The van der Waals surface area contributed by atoms with Gasteiger partial charge in [-0.2, -0.15) is 15.0 Å². The number of benzene rings is 1. The van der Waals surface area contributed by atoms with E-state index in [1.54, 1.807) is 24.0 Å². The van der Waals surface area contributed by atoms with Crippen LogP contribution in [0.15, 0.2) is 67.0 Å². The number of carbonyl (C=O) groups excluding carboxylic acids is 2. The number of hydrazine groups is 1. The van der Waals surface area contributed by atoms with Crippen LogP contribution in [0.5, 0.6) is 0 Å². The van der Waals surface area contributed by atoms with Crippen LogP contribution in [0.1, 0.15) is 22.6 Å². The van der Waals surface area contributed by atoms with E-state index in [9.17, 15) is 9.59 Å². The van der Waals surface area contributed by atoms with Gasteiger partial charge in [-0.05, 0) is 43.7 Å². The molecule has 0 radical (unpaired) electrons. The van der Waals surface area contributed by atoms with Crippen LogP contribution >= 0.6 is 0 Å². The number of amides is 2. The minimum Gasteiger partial charge on any atom is -0.271 e. The van der Waals surface area contributed by atoms with Crippen molar-refractivity contribution in [3.05, 3.63) is 78.4 Å². The van der Waals surface area contributed by atoms with Crippen molar-refractivity contribution in [3.63, 3.8) is 0 Å². The molecule has 4 aromatic rings. The highest BCUT2D eigenvalue weighted by molar-refractivity contribution is 5.94. The summed E-state index contributed by atoms with van der Waals surface area (Å²) in [5, 5.41) is 16.2. The minimum absolute atomic E-state index is 0.0201. The van der Waals surface area contributed by atoms with E-state index in [0.29, 0.717) is 30.9 Å². The van der Waals surface area contributed by atoms with Gasteiger partial charge < -0.3 is 0 Å². The zero-order chi connectivity index (χ0) is 22.8. The summed E-state index contributed by atoms with van der Waals surface area (Å²) in [6.45, 7) is 2.67. The summed E-state index contributed by atoms with van der Waals surface area (Å²) in [4.78, 5) is 32.0. The number of para-hydroxylation sites is 1. The maximum absolute atomic E-state index is 13.3. The molecule has 1 aliphatic heterocycles. The van der Waals surface area contributed by atoms with Gasteiger partial charge in [-0.15, -0.1) is 5.10 Å². The molecule has 1 fully saturated rings. The fourth-order valence-corrected chi connectivity index (χ4v) is 3.78. The number of carbonyl (C=O) groups is 2. The highest BCUT2D eigenvalue weighted by Crippen LogP contribution is 2.18. The molecule has 33 heavy (non-hydrogen) atoms. The van der Waals surface area contributed by atoms with Gasteiger partial charge in [-0.25, -0.2) is 10.0 Å². The van der Waals surface area contributed by atoms with Crippen molar-refractivity contribution in [1.82, 2.24) is 39.8 Å². The smallest absolute Gasteiger partial charge is 0.271 e. The van der Waals surface area contributed by atoms with E-state index >= 15 is 0 Å². The Morgan fingerprint density at radius 1 is 0.879 bits per heavy atom. The molecule has 10 nitrogen and oxygen atoms in total. The van der Waals surface area contributed by atoms with Crippen LogP contribution in [0, 0.1) is 6.92 Å². The summed E-state index contributed by atoms with van der Waals surface area (Å²) in [7, 11) is 0. The van der Waals surface area contributed by atoms with E-state index in [4.69, 9.17) is 0 Å². The Kier molecular flexibility index (Phi) is 5.39. The molecule has 0 N–H and O–H groups in total. The lowest BCUT2D eigenvalue weighted by atomic mass is 10.3. The van der Waals surface area contributed by atoms with Gasteiger partial charge >= 0.3 is 0 Å². The number of hydrogen-bond acceptors (Lipinski definition) is 6. The molecule has 0 bridgehead atoms. The molecule has 0 spiro atoms. The molecule has 0 aliphatic carbocycles. The van der Waals surface area contributed by atoms with Gasteiger partial charge in [-0.1, -0.05) is 24.3 Å². The summed E-state index contributed by atoms with van der Waals surface area (Å²) in [5.74, 6) is -0.556. The Morgan fingerprint density at radius 2 is 1.67 bits per heavy atom. The van der Waals surface area contributed by atoms with Gasteiger partial charge in [0, 0.05) is 25.5 Å². The first kappa shape index (κ1) is 20.6. The maximum Gasteiger partial charge on any atom is 0.294 e. The largest absolute Gasteiger partial charge is 0.294 e. The molecule has 0 saturated carbocycles. The fourth-order valence-electron chi connectivity index (χ4n) is 3.78. The Hall–Kier alpha value is -4.34. The molecule has 2 amide bonds. The van der Waals surface area contributed by atoms with E-state index in [1.807, 2.05) is 54.6 Å². The van der Waals surface area contributed by atoms with E-state index in [2.05, 4.69) is 20.3 Å². The van der Waals surface area contributed by atoms with Gasteiger partial charge in [0.15, 0.2) is 5.69 Å². The van der Waals surface area contributed by atoms with Crippen LogP contribution in [0.25, 0.3) is 17.1 Å². The van der Waals surface area contributed by atoms with Gasteiger partial charge in [0.25, 0.3) is 11.8 Å². The molecule has 5 rings (SSSR count). The third-order valence-electron chi connectivity index (χ3n) is 5.39. The molecular formula is C23H22N8O2. The van der Waals surface area contributed by atoms with Crippen molar-refractivity contribution >= 4 is 11.8 Å². The lowest BCUT2D eigenvalue weighted by molar-refractivity contribution is -0.141. The van der Waals surface area contributed by atoms with E-state index in [-0.39, 0.29) is 24.1 Å². The van der Waals surface area contributed by atoms with E-state index in [0.717, 1.165) is 11.4 Å². The van der Waals surface area contributed by atoms with Crippen LogP contribution in [0.4, 0.5) is 0 Å². The molecule has 3 aromatic heterocycles. The zero-order valence-electron chi connectivity index (χ0n) is 18.1. The fraction of sp³-hybridized carbons (Fsp3) is 0.217. The summed E-state index contributed by atoms with van der Waals surface area (Å²) >= 11 is 0. The lowest BCUT2D eigenvalue weighted by Gasteiger charge is -2.27. The van der Waals surface area contributed by atoms with Crippen molar-refractivity contribution in [2.75, 3.05) is 13.1 Å². The summed E-state index contributed by atoms with van der Waals surface area (Å²) in [6, 6.07) is 16.8. The topological polar surface area (TPSA) is 102 Å². The average molecular weight is 442 g/mol. The second kappa shape index (κ2) is 8.65. The van der Waals surface area contributed by atoms with Crippen molar-refractivity contribution in [1.29, 1.82) is 0 Å². The maximum atomic E-state index is 13.3. The second-order valence-electron chi connectivity index (χ2n) is 7.67. The molecule has 166 valence electrons. The standard InChI is InChI=1S/C23H22N8O2/c1-17-22(27-31(25-17)18-8-3-2-4-9-18)23(33)30-14-7-13-29(30)21(32)16-28-15-11-20(26-28)19-10-5-6-12-24-19/h2-6,8-12,15H,7,13-14,16H2,1H3. The summed E-state index contributed by atoms with van der Waals surface area (Å²) < 4.78 is 1.56. The third kappa shape index (κ3) is 4.10. The number of nitrogens with zero attached hydrogens (tertiary/aromatic N) is 8. The van der Waals surface area contributed by atoms with Crippen molar-refractivity contribution in [3.8, 4) is 17.1 Å². The van der Waals surface area contributed by atoms with E-state index in [1.165, 1.54) is 14.8 Å². The van der Waals surface area contributed by atoms with Crippen molar-refractivity contribution in [2.24, 2.45) is 0 Å². The van der Waals surface area contributed by atoms with Crippen LogP contribution in [0.2, 0.25) is 0 Å². The van der Waals surface area contributed by atoms with Crippen LogP contribution in [-0.4, -0.2) is 64.7 Å². The van der Waals surface area contributed by atoms with Gasteiger partial charge in [0.1, 0.15) is 12.2 Å². The Labute approximate surface area is 190 Å². The first-order valence-electron chi connectivity index (χ1n) is 10.7. The van der Waals surface area contributed by atoms with Gasteiger partial charge in [0.2, 0.25) is 0 Å². The average Bonchev–Trinajstić information content (AvgIpc) is 3.60. The quantitative estimate of drug-likeness (QED) is 0.469. The first-order valence-corrected chi connectivity index (χ1v) is 10.7. The number of hydrogen-bond donors (Lipinski definition) is 0. The highest BCUT2D eigenvalue weighted by atomic mass is 16.2. The number of aromatic nitrogens is 6. The predicted octanol–water partition coefficient (Wildman–Crippen LogP) is 2.12. The van der Waals surface area contributed by atoms with Crippen molar-refractivity contribution in [2.45, 2.75) is 19.9 Å². The molecular weight excluding hydrogens is 420 g/mol. The summed E-state index contributed by atoms with van der Waals surface area (Å²) in [6.07, 6.45) is 4.13. The molecule has 1 aromatic carbocycles. The van der Waals surface area contributed by atoms with Crippen molar-refractivity contribution < 1.29 is 9.59 Å². The molecule has 0 atom stereocenters. The molecule has 1 aliphatic rings. The van der Waals surface area contributed by atoms with Gasteiger partial charge in [-0.3, -0.25) is 19.3 Å². The van der Waals surface area contributed by atoms with Crippen LogP contribution in [0.3, 0.4) is 0 Å². The number of aryl methyl sites for hydroxylation is 1. The molecule has 4 heterocycles. The number of pyridine rings is 1. The summed E-state index contributed by atoms with van der Waals surface area (Å²) in [5.41, 5.74) is 2.92. The Morgan fingerprint density at radius 3 is 2.45 bits per heavy atom. The highest BCUT2D eigenvalue weighted by Gasteiger charge is 2.34. The molecule has 10 heteroatoms. The third-order valence-corrected chi connectivity index (χ3v) is 5.39. The normalized spacial score (nSPS) is 13.5. The van der Waals surface area contributed by atoms with Crippen LogP contribution in [-0.2, 0) is 11.3 Å². The second-order valence-corrected chi connectivity index (χ2v) is 7.67. The monoisotopic (exact) mass is 442 g/mol. The zero-order valence-corrected chi connectivity index (χ0v) is 18.1. The molecule has 1 saturated heterocycles.